The van der Waals surface area contributed by atoms with Gasteiger partial charge in [-0.25, -0.2) is 9.59 Å². The van der Waals surface area contributed by atoms with E-state index in [0.717, 1.165) is 23.3 Å². The van der Waals surface area contributed by atoms with E-state index in [4.69, 9.17) is 10.2 Å². The minimum atomic E-state index is -0.995. The van der Waals surface area contributed by atoms with Crippen LogP contribution < -0.4 is 0 Å². The van der Waals surface area contributed by atoms with Gasteiger partial charge in [0, 0.05) is 12.2 Å². The van der Waals surface area contributed by atoms with Crippen molar-refractivity contribution in [3.8, 4) is 0 Å². The molecule has 1 aliphatic rings. The van der Waals surface area contributed by atoms with E-state index in [-0.39, 0.29) is 0 Å². The summed E-state index contributed by atoms with van der Waals surface area (Å²) in [5.41, 5.74) is 1.70. The molecule has 0 bridgehead atoms. The number of aliphatic carboxylic acids is 2. The molecule has 0 aromatic rings. The molecular formula is C11H10O4. The Hall–Kier alpha value is -2.10. The summed E-state index contributed by atoms with van der Waals surface area (Å²) < 4.78 is 0. The summed E-state index contributed by atoms with van der Waals surface area (Å²) in [5, 5.41) is 16.8. The van der Waals surface area contributed by atoms with Crippen LogP contribution in [0.5, 0.6) is 0 Å². The van der Waals surface area contributed by atoms with Crippen LogP contribution in [0.15, 0.2) is 47.6 Å². The van der Waals surface area contributed by atoms with E-state index >= 15 is 0 Å². The molecule has 15 heavy (non-hydrogen) atoms. The highest BCUT2D eigenvalue weighted by Crippen LogP contribution is 2.20. The van der Waals surface area contributed by atoms with Gasteiger partial charge in [-0.1, -0.05) is 24.3 Å². The number of hydrogen-bond donors (Lipinski definition) is 2. The Morgan fingerprint density at radius 2 is 1.40 bits per heavy atom. The predicted octanol–water partition coefficient (Wildman–Crippen LogP) is 1.52. The average Bonchev–Trinajstić information content (AvgIpc) is 2.59. The molecule has 0 saturated carbocycles. The van der Waals surface area contributed by atoms with Gasteiger partial charge in [0.25, 0.3) is 0 Å². The number of carbonyl (C=O) groups is 2. The summed E-state index contributed by atoms with van der Waals surface area (Å²) in [7, 11) is 0. The largest absolute Gasteiger partial charge is 0.478 e. The smallest absolute Gasteiger partial charge is 0.328 e. The van der Waals surface area contributed by atoms with Crippen LogP contribution in [0.1, 0.15) is 6.42 Å². The van der Waals surface area contributed by atoms with E-state index < -0.39 is 11.9 Å². The highest BCUT2D eigenvalue weighted by Gasteiger charge is 2.03. The fraction of sp³-hybridized carbons (Fsp3) is 0.0909. The lowest BCUT2D eigenvalue weighted by Gasteiger charge is -1.94. The summed E-state index contributed by atoms with van der Waals surface area (Å²) in [6, 6.07) is 0. The molecule has 4 nitrogen and oxygen atoms in total. The minimum absolute atomic E-state index is 0.563. The second kappa shape index (κ2) is 4.95. The fourth-order valence-corrected chi connectivity index (χ4v) is 1.15. The zero-order valence-electron chi connectivity index (χ0n) is 7.88. The summed E-state index contributed by atoms with van der Waals surface area (Å²) in [4.78, 5) is 20.5. The molecule has 0 aromatic heterocycles. The topological polar surface area (TPSA) is 74.6 Å². The van der Waals surface area contributed by atoms with Crippen molar-refractivity contribution in [2.24, 2.45) is 0 Å². The molecule has 0 radical (unpaired) electrons. The zero-order valence-corrected chi connectivity index (χ0v) is 7.88. The van der Waals surface area contributed by atoms with E-state index in [1.807, 2.05) is 0 Å². The van der Waals surface area contributed by atoms with Gasteiger partial charge in [0.1, 0.15) is 0 Å². The monoisotopic (exact) mass is 206 g/mol. The molecule has 0 aliphatic heterocycles. The maximum absolute atomic E-state index is 10.2. The third kappa shape index (κ3) is 4.08. The quantitative estimate of drug-likeness (QED) is 0.684. The predicted molar refractivity (Wildman–Crippen MR) is 54.3 cm³/mol. The Labute approximate surface area is 86.5 Å². The van der Waals surface area contributed by atoms with Gasteiger partial charge in [0.2, 0.25) is 0 Å². The van der Waals surface area contributed by atoms with Crippen LogP contribution >= 0.6 is 0 Å². The highest BCUT2D eigenvalue weighted by atomic mass is 16.4. The molecule has 0 saturated heterocycles. The number of allylic oxidation sites excluding steroid dienone is 6. The lowest BCUT2D eigenvalue weighted by atomic mass is 10.1. The first-order chi connectivity index (χ1) is 7.08. The van der Waals surface area contributed by atoms with Crippen molar-refractivity contribution in [3.05, 3.63) is 47.6 Å². The molecule has 1 rings (SSSR count). The Bertz CT molecular complexity index is 359. The summed E-state index contributed by atoms with van der Waals surface area (Å²) in [6.07, 6.45) is 9.21. The summed E-state index contributed by atoms with van der Waals surface area (Å²) in [5.74, 6) is -1.99. The number of hydrogen-bond acceptors (Lipinski definition) is 2. The molecule has 0 fully saturated rings. The van der Waals surface area contributed by atoms with Gasteiger partial charge in [0.15, 0.2) is 0 Å². The Morgan fingerprint density at radius 3 is 1.73 bits per heavy atom. The number of carboxylic acids is 2. The fourth-order valence-electron chi connectivity index (χ4n) is 1.15. The van der Waals surface area contributed by atoms with Gasteiger partial charge in [-0.3, -0.25) is 0 Å². The molecule has 0 atom stereocenters. The standard InChI is InChI=1S/C11H10O4/c12-10(13)5-3-8-1-2-9(7-8)4-6-11(14)15/h1-6H,7H2,(H,12,13)(H,14,15)/b5-3-,6-4?. The van der Waals surface area contributed by atoms with Gasteiger partial charge in [0.05, 0.1) is 0 Å². The van der Waals surface area contributed by atoms with E-state index in [2.05, 4.69) is 0 Å². The molecule has 0 spiro atoms. The van der Waals surface area contributed by atoms with Crippen molar-refractivity contribution in [1.82, 2.24) is 0 Å². The van der Waals surface area contributed by atoms with E-state index in [0.29, 0.717) is 6.42 Å². The third-order valence-electron chi connectivity index (χ3n) is 1.80. The van der Waals surface area contributed by atoms with Crippen LogP contribution in [0.2, 0.25) is 0 Å². The van der Waals surface area contributed by atoms with Gasteiger partial charge >= 0.3 is 11.9 Å². The van der Waals surface area contributed by atoms with E-state index in [1.54, 1.807) is 12.2 Å². The summed E-state index contributed by atoms with van der Waals surface area (Å²) in [6.45, 7) is 0. The van der Waals surface area contributed by atoms with Gasteiger partial charge in [-0.15, -0.1) is 0 Å². The van der Waals surface area contributed by atoms with E-state index in [9.17, 15) is 9.59 Å². The molecule has 78 valence electrons. The van der Waals surface area contributed by atoms with Crippen molar-refractivity contribution in [1.29, 1.82) is 0 Å². The number of rotatable bonds is 4. The maximum atomic E-state index is 10.2. The van der Waals surface area contributed by atoms with Crippen LogP contribution in [0.25, 0.3) is 0 Å². The highest BCUT2D eigenvalue weighted by molar-refractivity contribution is 5.81. The van der Waals surface area contributed by atoms with Crippen molar-refractivity contribution < 1.29 is 19.8 Å². The van der Waals surface area contributed by atoms with Crippen molar-refractivity contribution in [2.75, 3.05) is 0 Å². The second-order valence-corrected chi connectivity index (χ2v) is 3.00. The summed E-state index contributed by atoms with van der Waals surface area (Å²) >= 11 is 0. The van der Waals surface area contributed by atoms with Crippen LogP contribution in [0, 0.1) is 0 Å². The van der Waals surface area contributed by atoms with Crippen LogP contribution in [-0.4, -0.2) is 22.2 Å². The maximum Gasteiger partial charge on any atom is 0.328 e. The molecule has 0 amide bonds. The van der Waals surface area contributed by atoms with Crippen LogP contribution in [0.4, 0.5) is 0 Å². The van der Waals surface area contributed by atoms with Gasteiger partial charge in [-0.05, 0) is 17.6 Å². The van der Waals surface area contributed by atoms with E-state index in [1.165, 1.54) is 12.2 Å². The van der Waals surface area contributed by atoms with Crippen molar-refractivity contribution >= 4 is 11.9 Å². The molecule has 0 aromatic carbocycles. The third-order valence-corrected chi connectivity index (χ3v) is 1.80. The molecule has 2 N–H and O–H groups in total. The van der Waals surface area contributed by atoms with Gasteiger partial charge in [-0.2, -0.15) is 0 Å². The minimum Gasteiger partial charge on any atom is -0.478 e. The first kappa shape index (κ1) is 11.0. The first-order valence-corrected chi connectivity index (χ1v) is 4.29. The molecular weight excluding hydrogens is 196 g/mol. The Balaban J connectivity index is 2.49. The van der Waals surface area contributed by atoms with Crippen LogP contribution in [0.3, 0.4) is 0 Å². The molecule has 1 aliphatic carbocycles. The lowest BCUT2D eigenvalue weighted by Crippen LogP contribution is -1.88. The van der Waals surface area contributed by atoms with Gasteiger partial charge < -0.3 is 10.2 Å². The SMILES string of the molecule is O=C(O)C=CC1=CC=C(/C=C\C(=O)O)C1. The lowest BCUT2D eigenvalue weighted by molar-refractivity contribution is -0.132. The molecule has 0 unspecified atom stereocenters. The van der Waals surface area contributed by atoms with Crippen molar-refractivity contribution in [2.45, 2.75) is 6.42 Å². The first-order valence-electron chi connectivity index (χ1n) is 4.29. The molecule has 4 heteroatoms. The van der Waals surface area contributed by atoms with Crippen molar-refractivity contribution in [3.63, 3.8) is 0 Å². The Morgan fingerprint density at radius 1 is 1.00 bits per heavy atom. The number of carboxylic acid groups (broad SMARTS) is 2. The molecule has 0 heterocycles. The Kier molecular flexibility index (Phi) is 3.62. The van der Waals surface area contributed by atoms with Crippen LogP contribution in [-0.2, 0) is 9.59 Å². The normalized spacial score (nSPS) is 15.7. The average molecular weight is 206 g/mol. The second-order valence-electron chi connectivity index (χ2n) is 3.00. The zero-order chi connectivity index (χ0) is 11.3.